The summed E-state index contributed by atoms with van der Waals surface area (Å²) in [6.07, 6.45) is 0.629. The molecule has 0 radical (unpaired) electrons. The molecule has 3 rings (SSSR count). The van der Waals surface area contributed by atoms with Crippen molar-refractivity contribution in [3.63, 3.8) is 0 Å². The van der Waals surface area contributed by atoms with Gasteiger partial charge in [0.05, 0.1) is 12.2 Å². The lowest BCUT2D eigenvalue weighted by molar-refractivity contribution is 0.0994. The average Bonchev–Trinajstić information content (AvgIpc) is 2.93. The van der Waals surface area contributed by atoms with E-state index in [0.717, 1.165) is 35.2 Å². The minimum absolute atomic E-state index is 0.243. The van der Waals surface area contributed by atoms with Crippen LogP contribution in [0.1, 0.15) is 22.6 Å². The smallest absolute Gasteiger partial charge is 0.180 e. The highest BCUT2D eigenvalue weighted by Crippen LogP contribution is 2.20. The van der Waals surface area contributed by atoms with E-state index in [9.17, 15) is 4.79 Å². The van der Waals surface area contributed by atoms with Crippen molar-refractivity contribution in [3.8, 4) is 0 Å². The van der Waals surface area contributed by atoms with Gasteiger partial charge in [-0.1, -0.05) is 11.6 Å². The minimum atomic E-state index is 0.243. The lowest BCUT2D eigenvalue weighted by Gasteiger charge is -2.08. The van der Waals surface area contributed by atoms with E-state index in [-0.39, 0.29) is 5.78 Å². The lowest BCUT2D eigenvalue weighted by atomic mass is 10.2. The van der Waals surface area contributed by atoms with Crippen LogP contribution in [0, 0.1) is 0 Å². The third-order valence-corrected chi connectivity index (χ3v) is 3.49. The molecule has 1 aliphatic heterocycles. The molecule has 0 aliphatic carbocycles. The first-order valence-corrected chi connectivity index (χ1v) is 6.33. The maximum absolute atomic E-state index is 11.5. The summed E-state index contributed by atoms with van der Waals surface area (Å²) in [5.41, 5.74) is 3.01. The maximum Gasteiger partial charge on any atom is 0.180 e. The fraction of sp³-hybridized carbons (Fsp3) is 0.214. The van der Waals surface area contributed by atoms with Crippen LogP contribution in [0.15, 0.2) is 36.4 Å². The molecule has 2 aromatic rings. The van der Waals surface area contributed by atoms with Gasteiger partial charge in [-0.15, -0.1) is 0 Å². The fourth-order valence-electron chi connectivity index (χ4n) is 2.27. The van der Waals surface area contributed by atoms with Gasteiger partial charge in [-0.05, 0) is 36.4 Å². The van der Waals surface area contributed by atoms with Crippen molar-refractivity contribution in [2.24, 2.45) is 0 Å². The van der Waals surface area contributed by atoms with Crippen molar-refractivity contribution in [1.82, 2.24) is 4.57 Å². The van der Waals surface area contributed by atoms with E-state index in [1.807, 2.05) is 36.4 Å². The van der Waals surface area contributed by atoms with E-state index in [2.05, 4.69) is 9.88 Å². The Morgan fingerprint density at radius 3 is 2.72 bits per heavy atom. The van der Waals surface area contributed by atoms with Crippen LogP contribution in [0.2, 0.25) is 5.02 Å². The van der Waals surface area contributed by atoms with Crippen LogP contribution in [-0.4, -0.2) is 10.4 Å². The van der Waals surface area contributed by atoms with Crippen molar-refractivity contribution in [1.29, 1.82) is 0 Å². The Bertz CT molecular complexity index is 586. The first-order valence-electron chi connectivity index (χ1n) is 5.95. The molecule has 0 spiro atoms. The SMILES string of the molecule is O=C1CCn2c(CNc3ccc(Cl)cc3)ccc21. The molecule has 1 aromatic heterocycles. The van der Waals surface area contributed by atoms with Crippen LogP contribution < -0.4 is 5.32 Å². The monoisotopic (exact) mass is 260 g/mol. The number of aromatic nitrogens is 1. The second kappa shape index (κ2) is 4.50. The van der Waals surface area contributed by atoms with E-state index in [0.29, 0.717) is 6.42 Å². The van der Waals surface area contributed by atoms with Crippen molar-refractivity contribution >= 4 is 23.1 Å². The van der Waals surface area contributed by atoms with Crippen LogP contribution in [0.3, 0.4) is 0 Å². The van der Waals surface area contributed by atoms with E-state index < -0.39 is 0 Å². The van der Waals surface area contributed by atoms with Gasteiger partial charge in [0.25, 0.3) is 0 Å². The molecule has 1 N–H and O–H groups in total. The second-order valence-corrected chi connectivity index (χ2v) is 4.83. The summed E-state index contributed by atoms with van der Waals surface area (Å²) in [6, 6.07) is 11.5. The Hall–Kier alpha value is -1.74. The summed E-state index contributed by atoms with van der Waals surface area (Å²) in [5.74, 6) is 0.243. The summed E-state index contributed by atoms with van der Waals surface area (Å²) in [5, 5.41) is 4.06. The lowest BCUT2D eigenvalue weighted by Crippen LogP contribution is -2.06. The zero-order valence-corrected chi connectivity index (χ0v) is 10.6. The predicted molar refractivity (Wildman–Crippen MR) is 72.2 cm³/mol. The number of fused-ring (bicyclic) bond motifs is 1. The maximum atomic E-state index is 11.5. The largest absolute Gasteiger partial charge is 0.379 e. The third-order valence-electron chi connectivity index (χ3n) is 3.24. The van der Waals surface area contributed by atoms with Gasteiger partial charge in [0, 0.05) is 29.4 Å². The van der Waals surface area contributed by atoms with Crippen LogP contribution in [0.25, 0.3) is 0 Å². The van der Waals surface area contributed by atoms with Gasteiger partial charge in [-0.2, -0.15) is 0 Å². The molecule has 0 atom stereocenters. The van der Waals surface area contributed by atoms with Gasteiger partial charge >= 0.3 is 0 Å². The Morgan fingerprint density at radius 2 is 1.94 bits per heavy atom. The first kappa shape index (κ1) is 11.4. The molecule has 0 amide bonds. The number of hydrogen-bond donors (Lipinski definition) is 1. The second-order valence-electron chi connectivity index (χ2n) is 4.40. The van der Waals surface area contributed by atoms with E-state index in [1.165, 1.54) is 0 Å². The normalized spacial score (nSPS) is 13.7. The fourth-order valence-corrected chi connectivity index (χ4v) is 2.40. The number of carbonyl (C=O) groups is 1. The third kappa shape index (κ3) is 2.02. The van der Waals surface area contributed by atoms with E-state index in [1.54, 1.807) is 0 Å². The number of Topliss-reactive ketones (excluding diaryl/α,β-unsaturated/α-hetero) is 1. The molecular weight excluding hydrogens is 248 g/mol. The van der Waals surface area contributed by atoms with Crippen LogP contribution >= 0.6 is 11.6 Å². The van der Waals surface area contributed by atoms with E-state index in [4.69, 9.17) is 11.6 Å². The number of halogens is 1. The molecule has 18 heavy (non-hydrogen) atoms. The van der Waals surface area contributed by atoms with Crippen molar-refractivity contribution in [2.45, 2.75) is 19.5 Å². The topological polar surface area (TPSA) is 34.0 Å². The molecule has 4 heteroatoms. The van der Waals surface area contributed by atoms with Gasteiger partial charge in [-0.25, -0.2) is 0 Å². The van der Waals surface area contributed by atoms with Crippen LogP contribution in [0.4, 0.5) is 5.69 Å². The number of ketones is 1. The van der Waals surface area contributed by atoms with Gasteiger partial charge < -0.3 is 9.88 Å². The average molecular weight is 261 g/mol. The summed E-state index contributed by atoms with van der Waals surface area (Å²) >= 11 is 5.83. The first-order chi connectivity index (χ1) is 8.74. The van der Waals surface area contributed by atoms with Gasteiger partial charge in [-0.3, -0.25) is 4.79 Å². The molecular formula is C14H13ClN2O. The molecule has 0 saturated carbocycles. The summed E-state index contributed by atoms with van der Waals surface area (Å²) < 4.78 is 2.09. The molecule has 2 heterocycles. The summed E-state index contributed by atoms with van der Waals surface area (Å²) in [6.45, 7) is 1.52. The van der Waals surface area contributed by atoms with Crippen molar-refractivity contribution < 1.29 is 4.79 Å². The van der Waals surface area contributed by atoms with E-state index >= 15 is 0 Å². The number of hydrogen-bond acceptors (Lipinski definition) is 2. The summed E-state index contributed by atoms with van der Waals surface area (Å²) in [7, 11) is 0. The Kier molecular flexibility index (Phi) is 2.84. The van der Waals surface area contributed by atoms with Crippen molar-refractivity contribution in [2.75, 3.05) is 5.32 Å². The number of rotatable bonds is 3. The van der Waals surface area contributed by atoms with Gasteiger partial charge in [0.1, 0.15) is 0 Å². The Balaban J connectivity index is 1.72. The number of nitrogens with one attached hydrogen (secondary N) is 1. The number of nitrogens with zero attached hydrogens (tertiary/aromatic N) is 1. The highest BCUT2D eigenvalue weighted by atomic mass is 35.5. The van der Waals surface area contributed by atoms with Crippen molar-refractivity contribution in [3.05, 3.63) is 52.8 Å². The molecule has 0 unspecified atom stereocenters. The number of carbonyl (C=O) groups excluding carboxylic acids is 1. The van der Waals surface area contributed by atoms with Gasteiger partial charge in [0.2, 0.25) is 0 Å². The predicted octanol–water partition coefficient (Wildman–Crippen LogP) is 3.34. The minimum Gasteiger partial charge on any atom is -0.379 e. The van der Waals surface area contributed by atoms with Crippen LogP contribution in [-0.2, 0) is 13.1 Å². The number of anilines is 1. The van der Waals surface area contributed by atoms with Gasteiger partial charge in [0.15, 0.2) is 5.78 Å². The standard InChI is InChI=1S/C14H13ClN2O/c15-10-1-3-11(4-2-10)16-9-12-5-6-13-14(18)7-8-17(12)13/h1-6,16H,7-9H2. The van der Waals surface area contributed by atoms with Crippen LogP contribution in [0.5, 0.6) is 0 Å². The molecule has 92 valence electrons. The molecule has 1 aliphatic rings. The molecule has 0 bridgehead atoms. The Morgan fingerprint density at radius 1 is 1.17 bits per heavy atom. The molecule has 1 aromatic carbocycles. The molecule has 0 saturated heterocycles. The zero-order chi connectivity index (χ0) is 12.5. The highest BCUT2D eigenvalue weighted by molar-refractivity contribution is 6.30. The summed E-state index contributed by atoms with van der Waals surface area (Å²) in [4.78, 5) is 11.5. The zero-order valence-electron chi connectivity index (χ0n) is 9.82. The highest BCUT2D eigenvalue weighted by Gasteiger charge is 2.21. The molecule has 0 fully saturated rings. The quantitative estimate of drug-likeness (QED) is 0.918. The molecule has 3 nitrogen and oxygen atoms in total. The Labute approximate surface area is 110 Å². The number of benzene rings is 1.